The number of fused-ring (bicyclic) bond motifs is 1. The number of pyridine rings is 1. The summed E-state index contributed by atoms with van der Waals surface area (Å²) in [5.74, 6) is -2.47. The summed E-state index contributed by atoms with van der Waals surface area (Å²) < 4.78 is 59.4. The molecule has 208 valence electrons. The number of nitrogens with zero attached hydrogens (tertiary/aromatic N) is 1. The molecule has 0 radical (unpaired) electrons. The van der Waals surface area contributed by atoms with Crippen molar-refractivity contribution in [3.05, 3.63) is 59.0 Å². The van der Waals surface area contributed by atoms with Gasteiger partial charge in [-0.3, -0.25) is 4.79 Å². The van der Waals surface area contributed by atoms with Gasteiger partial charge in [-0.15, -0.1) is 0 Å². The first-order chi connectivity index (χ1) is 17.9. The highest BCUT2D eigenvalue weighted by atomic mass is 19.4. The highest BCUT2D eigenvalue weighted by Gasteiger charge is 2.47. The SMILES string of the molecule is CC(=O)N[C@@H](Cc1cccc(F)c1)[C@H](O)CN[C@H]1CC2(CCC2)Oc2ncc(C(O)C(C)C(F)(F)F)cc21. The Labute approximate surface area is 218 Å². The predicted molar refractivity (Wildman–Crippen MR) is 131 cm³/mol. The normalized spacial score (nSPS) is 21.4. The van der Waals surface area contributed by atoms with Crippen LogP contribution in [0.2, 0.25) is 0 Å². The van der Waals surface area contributed by atoms with Gasteiger partial charge in [-0.1, -0.05) is 19.1 Å². The third-order valence-electron chi connectivity index (χ3n) is 7.53. The number of aromatic nitrogens is 1. The number of hydrogen-bond donors (Lipinski definition) is 4. The molecule has 0 saturated heterocycles. The van der Waals surface area contributed by atoms with E-state index in [4.69, 9.17) is 4.74 Å². The molecule has 7 nitrogen and oxygen atoms in total. The molecule has 2 aromatic rings. The maximum atomic E-state index is 13.7. The molecular formula is C27H33F4N3O4. The first kappa shape index (κ1) is 28.3. The Morgan fingerprint density at radius 3 is 2.61 bits per heavy atom. The Hall–Kier alpha value is -2.76. The van der Waals surface area contributed by atoms with Gasteiger partial charge in [0.25, 0.3) is 0 Å². The van der Waals surface area contributed by atoms with Crippen LogP contribution in [0.25, 0.3) is 0 Å². The summed E-state index contributed by atoms with van der Waals surface area (Å²) in [5.41, 5.74) is 0.688. The van der Waals surface area contributed by atoms with Gasteiger partial charge in [-0.25, -0.2) is 9.37 Å². The van der Waals surface area contributed by atoms with Crippen LogP contribution in [-0.2, 0) is 11.2 Å². The van der Waals surface area contributed by atoms with Crippen LogP contribution in [0, 0.1) is 11.7 Å². The molecule has 11 heteroatoms. The zero-order valence-corrected chi connectivity index (χ0v) is 21.3. The first-order valence-electron chi connectivity index (χ1n) is 12.7. The lowest BCUT2D eigenvalue weighted by Gasteiger charge is -2.47. The van der Waals surface area contributed by atoms with Crippen LogP contribution in [0.3, 0.4) is 0 Å². The molecule has 1 aromatic heterocycles. The van der Waals surface area contributed by atoms with Crippen LogP contribution < -0.4 is 15.4 Å². The fraction of sp³-hybridized carbons (Fsp3) is 0.556. The molecule has 0 bridgehead atoms. The molecule has 2 unspecified atom stereocenters. The molecule has 4 rings (SSSR count). The Balaban J connectivity index is 1.53. The van der Waals surface area contributed by atoms with E-state index in [2.05, 4.69) is 15.6 Å². The molecule has 5 atom stereocenters. The maximum Gasteiger partial charge on any atom is 0.394 e. The monoisotopic (exact) mass is 539 g/mol. The number of ether oxygens (including phenoxy) is 1. The summed E-state index contributed by atoms with van der Waals surface area (Å²) in [6.07, 6.45) is -2.93. The van der Waals surface area contributed by atoms with E-state index in [9.17, 15) is 32.6 Å². The van der Waals surface area contributed by atoms with Crippen molar-refractivity contribution < 1.29 is 37.3 Å². The number of benzene rings is 1. The van der Waals surface area contributed by atoms with Gasteiger partial charge in [-0.05, 0) is 49.4 Å². The lowest BCUT2D eigenvalue weighted by molar-refractivity contribution is -0.195. The van der Waals surface area contributed by atoms with Gasteiger partial charge in [-0.2, -0.15) is 13.2 Å². The van der Waals surface area contributed by atoms with Crippen molar-refractivity contribution >= 4 is 5.91 Å². The number of halogens is 4. The van der Waals surface area contributed by atoms with E-state index in [1.165, 1.54) is 31.3 Å². The zero-order chi connectivity index (χ0) is 27.7. The third-order valence-corrected chi connectivity index (χ3v) is 7.53. The average Bonchev–Trinajstić information content (AvgIpc) is 2.83. The van der Waals surface area contributed by atoms with Crippen LogP contribution in [0.5, 0.6) is 5.88 Å². The number of nitrogens with one attached hydrogen (secondary N) is 2. The molecule has 38 heavy (non-hydrogen) atoms. The first-order valence-corrected chi connectivity index (χ1v) is 12.7. The van der Waals surface area contributed by atoms with E-state index >= 15 is 0 Å². The van der Waals surface area contributed by atoms with Gasteiger partial charge >= 0.3 is 6.18 Å². The molecule has 1 amide bonds. The second-order valence-electron chi connectivity index (χ2n) is 10.5. The van der Waals surface area contributed by atoms with Gasteiger partial charge < -0.3 is 25.6 Å². The summed E-state index contributed by atoms with van der Waals surface area (Å²) in [4.78, 5) is 16.1. The molecule has 2 aliphatic rings. The van der Waals surface area contributed by atoms with Crippen molar-refractivity contribution in [2.24, 2.45) is 5.92 Å². The Bertz CT molecular complexity index is 1140. The van der Waals surface area contributed by atoms with E-state index in [1.807, 2.05) is 0 Å². The topological polar surface area (TPSA) is 104 Å². The van der Waals surface area contributed by atoms with E-state index < -0.39 is 47.8 Å². The Morgan fingerprint density at radius 2 is 2.00 bits per heavy atom. The van der Waals surface area contributed by atoms with Crippen molar-refractivity contribution in [3.63, 3.8) is 0 Å². The molecule has 2 heterocycles. The van der Waals surface area contributed by atoms with Crippen LogP contribution in [-0.4, -0.2) is 51.6 Å². The van der Waals surface area contributed by atoms with E-state index in [-0.39, 0.29) is 30.3 Å². The second-order valence-corrected chi connectivity index (χ2v) is 10.5. The number of amides is 1. The van der Waals surface area contributed by atoms with Gasteiger partial charge in [0.1, 0.15) is 11.4 Å². The lowest BCUT2D eigenvalue weighted by Crippen LogP contribution is -2.52. The van der Waals surface area contributed by atoms with E-state index in [1.54, 1.807) is 12.1 Å². The third kappa shape index (κ3) is 6.44. The number of alkyl halides is 3. The minimum atomic E-state index is -4.58. The highest BCUT2D eigenvalue weighted by Crippen LogP contribution is 2.49. The molecule has 4 N–H and O–H groups in total. The lowest BCUT2D eigenvalue weighted by atomic mass is 9.73. The molecule has 1 saturated carbocycles. The second kappa shape index (κ2) is 11.2. The van der Waals surface area contributed by atoms with Crippen LogP contribution in [0.4, 0.5) is 17.6 Å². The van der Waals surface area contributed by atoms with Crippen molar-refractivity contribution in [1.29, 1.82) is 0 Å². The highest BCUT2D eigenvalue weighted by molar-refractivity contribution is 5.73. The molecule has 1 aliphatic heterocycles. The maximum absolute atomic E-state index is 13.7. The van der Waals surface area contributed by atoms with Crippen molar-refractivity contribution in [3.8, 4) is 5.88 Å². The molecular weight excluding hydrogens is 506 g/mol. The minimum absolute atomic E-state index is 0.0244. The largest absolute Gasteiger partial charge is 0.471 e. The number of rotatable bonds is 9. The van der Waals surface area contributed by atoms with Crippen LogP contribution in [0.1, 0.15) is 68.4 Å². The quantitative estimate of drug-likeness (QED) is 0.361. The Morgan fingerprint density at radius 1 is 1.26 bits per heavy atom. The number of hydrogen-bond acceptors (Lipinski definition) is 6. The number of carbonyl (C=O) groups excluding carboxylic acids is 1. The fourth-order valence-electron chi connectivity index (χ4n) is 5.11. The fourth-order valence-corrected chi connectivity index (χ4v) is 5.11. The predicted octanol–water partition coefficient (Wildman–Crippen LogP) is 3.90. The number of aliphatic hydroxyl groups is 2. The summed E-state index contributed by atoms with van der Waals surface area (Å²) in [6.45, 7) is 2.28. The standard InChI is InChI=1S/C27H33F4N3O4/c1-15(27(29,30)31)24(37)18-11-20-22(12-26(7-4-8-26)38-25(20)33-13-18)32-14-23(36)21(34-16(2)35)10-17-5-3-6-19(28)9-17/h3,5-6,9,11,13,15,21-24,32,36-37H,4,7-8,10,12,14H2,1-2H3,(H,34,35)/t15?,21-,22-,23+,24?/m0/s1. The molecule has 1 aliphatic carbocycles. The van der Waals surface area contributed by atoms with E-state index in [0.717, 1.165) is 26.2 Å². The van der Waals surface area contributed by atoms with Crippen LogP contribution in [0.15, 0.2) is 36.5 Å². The van der Waals surface area contributed by atoms with Crippen molar-refractivity contribution in [1.82, 2.24) is 15.6 Å². The summed E-state index contributed by atoms with van der Waals surface area (Å²) in [6, 6.07) is 6.25. The number of carbonyl (C=O) groups is 1. The smallest absolute Gasteiger partial charge is 0.394 e. The van der Waals surface area contributed by atoms with Crippen LogP contribution >= 0.6 is 0 Å². The molecule has 1 fully saturated rings. The van der Waals surface area contributed by atoms with Gasteiger partial charge in [0.15, 0.2) is 0 Å². The summed E-state index contributed by atoms with van der Waals surface area (Å²) >= 11 is 0. The Kier molecular flexibility index (Phi) is 8.29. The van der Waals surface area contributed by atoms with Gasteiger partial charge in [0.05, 0.1) is 24.2 Å². The van der Waals surface area contributed by atoms with Crippen molar-refractivity contribution in [2.75, 3.05) is 6.54 Å². The summed E-state index contributed by atoms with van der Waals surface area (Å²) in [5, 5.41) is 27.4. The van der Waals surface area contributed by atoms with Gasteiger partial charge in [0, 0.05) is 43.3 Å². The summed E-state index contributed by atoms with van der Waals surface area (Å²) in [7, 11) is 0. The minimum Gasteiger partial charge on any atom is -0.471 e. The molecule has 1 spiro atoms. The molecule has 1 aromatic carbocycles. The van der Waals surface area contributed by atoms with Crippen molar-refractivity contribution in [2.45, 2.75) is 82.0 Å². The van der Waals surface area contributed by atoms with Gasteiger partial charge in [0.2, 0.25) is 11.8 Å². The zero-order valence-electron chi connectivity index (χ0n) is 21.3. The number of aliphatic hydroxyl groups excluding tert-OH is 2. The average molecular weight is 540 g/mol. The van der Waals surface area contributed by atoms with E-state index in [0.29, 0.717) is 17.5 Å².